The van der Waals surface area contributed by atoms with Crippen LogP contribution in [0.4, 0.5) is 16.3 Å². The Balaban J connectivity index is 1.63. The Bertz CT molecular complexity index is 471. The molecule has 1 aromatic heterocycles. The van der Waals surface area contributed by atoms with Gasteiger partial charge in [-0.2, -0.15) is 0 Å². The molecular formula is C15H25N5O. The van der Waals surface area contributed by atoms with Crippen molar-refractivity contribution in [1.82, 2.24) is 15.6 Å². The van der Waals surface area contributed by atoms with Gasteiger partial charge in [-0.15, -0.1) is 0 Å². The van der Waals surface area contributed by atoms with Gasteiger partial charge in [0.1, 0.15) is 5.82 Å². The first-order valence-electron chi connectivity index (χ1n) is 7.65. The molecule has 0 radical (unpaired) electrons. The molecule has 0 atom stereocenters. The van der Waals surface area contributed by atoms with E-state index in [2.05, 4.69) is 20.9 Å². The smallest absolute Gasteiger partial charge is 0.315 e. The Labute approximate surface area is 125 Å². The standard InChI is InChI=1S/C15H25N5O/c1-11-9-12(16)10-19-14(11)17-7-8-18-15(21)20-13-5-3-2-4-6-13/h9-10,13H,2-8,16H2,1H3,(H,17,19)(H2,18,20,21). The molecular weight excluding hydrogens is 266 g/mol. The maximum atomic E-state index is 11.8. The van der Waals surface area contributed by atoms with Crippen molar-refractivity contribution in [3.05, 3.63) is 17.8 Å². The molecule has 0 bridgehead atoms. The Morgan fingerprint density at radius 3 is 2.81 bits per heavy atom. The number of aryl methyl sites for hydroxylation is 1. The zero-order valence-electron chi connectivity index (χ0n) is 12.6. The summed E-state index contributed by atoms with van der Waals surface area (Å²) in [4.78, 5) is 16.0. The van der Waals surface area contributed by atoms with Crippen molar-refractivity contribution in [2.24, 2.45) is 0 Å². The van der Waals surface area contributed by atoms with Crippen LogP contribution < -0.4 is 21.7 Å². The zero-order chi connectivity index (χ0) is 15.1. The van der Waals surface area contributed by atoms with Crippen molar-refractivity contribution in [1.29, 1.82) is 0 Å². The van der Waals surface area contributed by atoms with Gasteiger partial charge in [-0.25, -0.2) is 9.78 Å². The second kappa shape index (κ2) is 7.71. The van der Waals surface area contributed by atoms with Crippen molar-refractivity contribution in [3.63, 3.8) is 0 Å². The number of pyridine rings is 1. The molecule has 2 amide bonds. The molecule has 1 saturated carbocycles. The van der Waals surface area contributed by atoms with E-state index in [0.717, 1.165) is 24.2 Å². The van der Waals surface area contributed by atoms with Crippen LogP contribution in [0, 0.1) is 6.92 Å². The molecule has 0 aromatic carbocycles. The highest BCUT2D eigenvalue weighted by Crippen LogP contribution is 2.17. The summed E-state index contributed by atoms with van der Waals surface area (Å²) in [6.45, 7) is 3.15. The van der Waals surface area contributed by atoms with Crippen LogP contribution in [0.3, 0.4) is 0 Å². The average molecular weight is 291 g/mol. The van der Waals surface area contributed by atoms with E-state index in [1.54, 1.807) is 6.20 Å². The first-order chi connectivity index (χ1) is 10.1. The molecule has 0 spiro atoms. The molecule has 1 heterocycles. The van der Waals surface area contributed by atoms with Crippen LogP contribution in [0.2, 0.25) is 0 Å². The number of carbonyl (C=O) groups excluding carboxylic acids is 1. The predicted octanol–water partition coefficient (Wildman–Crippen LogP) is 2.02. The third-order valence-electron chi connectivity index (χ3n) is 3.74. The van der Waals surface area contributed by atoms with Gasteiger partial charge in [0.2, 0.25) is 0 Å². The van der Waals surface area contributed by atoms with Gasteiger partial charge in [0.05, 0.1) is 11.9 Å². The second-order valence-corrected chi connectivity index (χ2v) is 5.60. The normalized spacial score (nSPS) is 15.5. The predicted molar refractivity (Wildman–Crippen MR) is 85.3 cm³/mol. The summed E-state index contributed by atoms with van der Waals surface area (Å²) >= 11 is 0. The van der Waals surface area contributed by atoms with E-state index in [9.17, 15) is 4.79 Å². The van der Waals surface area contributed by atoms with E-state index >= 15 is 0 Å². The van der Waals surface area contributed by atoms with E-state index in [4.69, 9.17) is 5.73 Å². The molecule has 6 nitrogen and oxygen atoms in total. The van der Waals surface area contributed by atoms with Gasteiger partial charge in [0.25, 0.3) is 0 Å². The Morgan fingerprint density at radius 1 is 1.33 bits per heavy atom. The van der Waals surface area contributed by atoms with E-state index in [0.29, 0.717) is 24.8 Å². The van der Waals surface area contributed by atoms with Crippen LogP contribution in [-0.2, 0) is 0 Å². The van der Waals surface area contributed by atoms with Crippen molar-refractivity contribution in [2.75, 3.05) is 24.1 Å². The zero-order valence-corrected chi connectivity index (χ0v) is 12.6. The highest BCUT2D eigenvalue weighted by atomic mass is 16.2. The van der Waals surface area contributed by atoms with Gasteiger partial charge in [-0.3, -0.25) is 0 Å². The van der Waals surface area contributed by atoms with E-state index in [-0.39, 0.29) is 6.03 Å². The number of rotatable bonds is 5. The molecule has 0 unspecified atom stereocenters. The molecule has 21 heavy (non-hydrogen) atoms. The van der Waals surface area contributed by atoms with Gasteiger partial charge in [0.15, 0.2) is 0 Å². The third-order valence-corrected chi connectivity index (χ3v) is 3.74. The fourth-order valence-corrected chi connectivity index (χ4v) is 2.62. The number of nitrogens with zero attached hydrogens (tertiary/aromatic N) is 1. The molecule has 1 fully saturated rings. The molecule has 0 aliphatic heterocycles. The summed E-state index contributed by atoms with van der Waals surface area (Å²) in [6, 6.07) is 2.14. The minimum Gasteiger partial charge on any atom is -0.397 e. The van der Waals surface area contributed by atoms with Crippen LogP contribution in [0.5, 0.6) is 0 Å². The summed E-state index contributed by atoms with van der Waals surface area (Å²) in [5.74, 6) is 0.804. The van der Waals surface area contributed by atoms with Crippen LogP contribution in [0.25, 0.3) is 0 Å². The van der Waals surface area contributed by atoms with E-state index in [1.165, 1.54) is 19.3 Å². The maximum Gasteiger partial charge on any atom is 0.315 e. The lowest BCUT2D eigenvalue weighted by Gasteiger charge is -2.22. The molecule has 5 N–H and O–H groups in total. The molecule has 1 aromatic rings. The molecule has 116 valence electrons. The number of hydrogen-bond acceptors (Lipinski definition) is 4. The van der Waals surface area contributed by atoms with Crippen LogP contribution in [-0.4, -0.2) is 30.1 Å². The fourth-order valence-electron chi connectivity index (χ4n) is 2.62. The number of urea groups is 1. The third kappa shape index (κ3) is 5.13. The summed E-state index contributed by atoms with van der Waals surface area (Å²) in [5.41, 5.74) is 7.31. The Hall–Kier alpha value is -1.98. The first kappa shape index (κ1) is 15.4. The SMILES string of the molecule is Cc1cc(N)cnc1NCCNC(=O)NC1CCCCC1. The quantitative estimate of drug-likeness (QED) is 0.625. The Kier molecular flexibility index (Phi) is 5.66. The first-order valence-corrected chi connectivity index (χ1v) is 7.65. The Morgan fingerprint density at radius 2 is 2.10 bits per heavy atom. The summed E-state index contributed by atoms with van der Waals surface area (Å²) in [6.07, 6.45) is 7.54. The van der Waals surface area contributed by atoms with Gasteiger partial charge in [0, 0.05) is 19.1 Å². The number of nitrogen functional groups attached to an aromatic ring is 1. The molecule has 0 saturated heterocycles. The van der Waals surface area contributed by atoms with Crippen molar-refractivity contribution in [2.45, 2.75) is 45.1 Å². The monoisotopic (exact) mass is 291 g/mol. The highest BCUT2D eigenvalue weighted by molar-refractivity contribution is 5.74. The van der Waals surface area contributed by atoms with Gasteiger partial charge in [-0.1, -0.05) is 19.3 Å². The number of anilines is 2. The minimum atomic E-state index is -0.0781. The van der Waals surface area contributed by atoms with Gasteiger partial charge in [-0.05, 0) is 31.4 Å². The lowest BCUT2D eigenvalue weighted by molar-refractivity contribution is 0.233. The number of amides is 2. The van der Waals surface area contributed by atoms with Crippen molar-refractivity contribution < 1.29 is 4.79 Å². The topological polar surface area (TPSA) is 92.1 Å². The summed E-state index contributed by atoms with van der Waals surface area (Å²) < 4.78 is 0. The number of carbonyl (C=O) groups is 1. The number of hydrogen-bond donors (Lipinski definition) is 4. The number of aromatic nitrogens is 1. The van der Waals surface area contributed by atoms with Crippen molar-refractivity contribution in [3.8, 4) is 0 Å². The van der Waals surface area contributed by atoms with E-state index in [1.807, 2.05) is 13.0 Å². The minimum absolute atomic E-state index is 0.0781. The van der Waals surface area contributed by atoms with Crippen molar-refractivity contribution >= 4 is 17.5 Å². The largest absolute Gasteiger partial charge is 0.397 e. The lowest BCUT2D eigenvalue weighted by Crippen LogP contribution is -2.44. The summed E-state index contributed by atoms with van der Waals surface area (Å²) in [7, 11) is 0. The average Bonchev–Trinajstić information content (AvgIpc) is 2.46. The number of nitrogens with two attached hydrogens (primary N) is 1. The fraction of sp³-hybridized carbons (Fsp3) is 0.600. The van der Waals surface area contributed by atoms with Gasteiger partial charge >= 0.3 is 6.03 Å². The maximum absolute atomic E-state index is 11.8. The molecule has 6 heteroatoms. The molecule has 2 rings (SSSR count). The van der Waals surface area contributed by atoms with E-state index < -0.39 is 0 Å². The lowest BCUT2D eigenvalue weighted by atomic mass is 9.96. The number of nitrogens with one attached hydrogen (secondary N) is 3. The second-order valence-electron chi connectivity index (χ2n) is 5.60. The van der Waals surface area contributed by atoms with Crippen LogP contribution >= 0.6 is 0 Å². The summed E-state index contributed by atoms with van der Waals surface area (Å²) in [5, 5.41) is 9.08. The van der Waals surface area contributed by atoms with Crippen LogP contribution in [0.1, 0.15) is 37.7 Å². The molecule has 1 aliphatic rings. The molecule has 1 aliphatic carbocycles. The van der Waals surface area contributed by atoms with Crippen LogP contribution in [0.15, 0.2) is 12.3 Å². The highest BCUT2D eigenvalue weighted by Gasteiger charge is 2.14. The van der Waals surface area contributed by atoms with Gasteiger partial charge < -0.3 is 21.7 Å².